The number of hydrogen-bond acceptors (Lipinski definition) is 1. The van der Waals surface area contributed by atoms with E-state index in [9.17, 15) is 0 Å². The largest absolute Gasteiger partial charge is 0.309 e. The van der Waals surface area contributed by atoms with Gasteiger partial charge >= 0.3 is 0 Å². The number of hydrogen-bond donors (Lipinski definition) is 0. The topological polar surface area (TPSA) is 22.8 Å². The third-order valence-electron chi connectivity index (χ3n) is 11.4. The highest BCUT2D eigenvalue weighted by Crippen LogP contribution is 2.57. The Balaban J connectivity index is 1.10. The molecule has 2 aromatic heterocycles. The second-order valence-electron chi connectivity index (χ2n) is 14.3. The van der Waals surface area contributed by atoms with Crippen molar-refractivity contribution < 1.29 is 0 Å². The van der Waals surface area contributed by atoms with Crippen molar-refractivity contribution in [1.29, 1.82) is 0 Å². The summed E-state index contributed by atoms with van der Waals surface area (Å²) >= 11 is 0. The molecular formula is C52H35N3. The van der Waals surface area contributed by atoms with Crippen LogP contribution in [0.2, 0.25) is 0 Å². The summed E-state index contributed by atoms with van der Waals surface area (Å²) in [5.74, 6) is 0.924. The molecule has 0 saturated carbocycles. The second kappa shape index (κ2) is 12.4. The molecular weight excluding hydrogens is 667 g/mol. The molecule has 0 N–H and O–H groups in total. The summed E-state index contributed by atoms with van der Waals surface area (Å²) in [6.07, 6.45) is 0. The molecule has 55 heavy (non-hydrogen) atoms. The minimum Gasteiger partial charge on any atom is -0.309 e. The van der Waals surface area contributed by atoms with Gasteiger partial charge in [0.2, 0.25) is 0 Å². The van der Waals surface area contributed by atoms with E-state index in [4.69, 9.17) is 4.98 Å². The van der Waals surface area contributed by atoms with E-state index in [1.807, 2.05) is 0 Å². The first-order valence-electron chi connectivity index (χ1n) is 18.9. The van der Waals surface area contributed by atoms with Gasteiger partial charge in [-0.3, -0.25) is 4.57 Å². The van der Waals surface area contributed by atoms with Crippen molar-refractivity contribution in [3.05, 3.63) is 235 Å². The zero-order valence-electron chi connectivity index (χ0n) is 30.0. The first-order valence-corrected chi connectivity index (χ1v) is 18.9. The molecule has 3 nitrogen and oxygen atoms in total. The van der Waals surface area contributed by atoms with Crippen LogP contribution in [0.3, 0.4) is 0 Å². The summed E-state index contributed by atoms with van der Waals surface area (Å²) in [6.45, 7) is 0. The molecule has 0 fully saturated rings. The number of para-hydroxylation sites is 3. The van der Waals surface area contributed by atoms with Crippen LogP contribution in [0, 0.1) is 0 Å². The molecule has 8 aromatic carbocycles. The Labute approximate surface area is 320 Å². The molecule has 3 heteroatoms. The minimum absolute atomic E-state index is 0.581. The van der Waals surface area contributed by atoms with E-state index in [2.05, 4.69) is 221 Å². The second-order valence-corrected chi connectivity index (χ2v) is 14.3. The van der Waals surface area contributed by atoms with Crippen molar-refractivity contribution in [3.63, 3.8) is 0 Å². The fraction of sp³-hybridized carbons (Fsp3) is 0.0192. The SMILES string of the molecule is c1ccc(-n2c(-c3ccc(-c4cccc(-n5c6ccccc6c6ccccc65)c4)cc3)nc3c2C(c2ccccc2)(c2ccccc2)c2ccccc2-3)cc1. The average Bonchev–Trinajstić information content (AvgIpc) is 3.91. The standard InChI is InChI=1S/C52H35N3/c1-4-18-39(19-5-1)52(40-20-6-2-7-21-40)46-28-13-10-27-45(46)49-50(52)55(41-22-8-3-9-23-41)51(53-49)37-33-31-36(32-34-37)38-17-16-24-42(35-38)54-47-29-14-11-25-43(47)44-26-12-15-30-48(44)54/h1-35H. The van der Waals surface area contributed by atoms with Gasteiger partial charge < -0.3 is 4.57 Å². The van der Waals surface area contributed by atoms with Gasteiger partial charge in [-0.1, -0.05) is 176 Å². The van der Waals surface area contributed by atoms with Crippen LogP contribution in [-0.4, -0.2) is 14.1 Å². The van der Waals surface area contributed by atoms with Crippen molar-refractivity contribution in [2.75, 3.05) is 0 Å². The molecule has 2 heterocycles. The van der Waals surface area contributed by atoms with Crippen molar-refractivity contribution in [2.45, 2.75) is 5.41 Å². The number of aromatic nitrogens is 3. The number of benzene rings is 8. The molecule has 1 aliphatic carbocycles. The number of fused-ring (bicyclic) bond motifs is 6. The maximum Gasteiger partial charge on any atom is 0.145 e. The molecule has 0 spiro atoms. The van der Waals surface area contributed by atoms with Gasteiger partial charge in [0.15, 0.2) is 0 Å². The van der Waals surface area contributed by atoms with Crippen LogP contribution < -0.4 is 0 Å². The Morgan fingerprint density at radius 1 is 0.382 bits per heavy atom. The van der Waals surface area contributed by atoms with Crippen LogP contribution in [0.4, 0.5) is 0 Å². The first kappa shape index (κ1) is 31.3. The van der Waals surface area contributed by atoms with Gasteiger partial charge in [-0.2, -0.15) is 0 Å². The highest BCUT2D eigenvalue weighted by atomic mass is 15.1. The quantitative estimate of drug-likeness (QED) is 0.169. The van der Waals surface area contributed by atoms with Crippen LogP contribution in [0.25, 0.3) is 67.0 Å². The fourth-order valence-corrected chi connectivity index (χ4v) is 9.08. The number of imidazole rings is 1. The third-order valence-corrected chi connectivity index (χ3v) is 11.4. The molecule has 1 aliphatic rings. The Morgan fingerprint density at radius 2 is 0.909 bits per heavy atom. The van der Waals surface area contributed by atoms with Crippen LogP contribution in [0.5, 0.6) is 0 Å². The zero-order chi connectivity index (χ0) is 36.3. The Bertz CT molecular complexity index is 2920. The van der Waals surface area contributed by atoms with Gasteiger partial charge in [-0.25, -0.2) is 4.98 Å². The first-order chi connectivity index (χ1) is 27.3. The lowest BCUT2D eigenvalue weighted by Gasteiger charge is -2.34. The Hall–Kier alpha value is -7.23. The van der Waals surface area contributed by atoms with E-state index in [1.54, 1.807) is 0 Å². The van der Waals surface area contributed by atoms with Crippen molar-refractivity contribution in [3.8, 4) is 45.1 Å². The summed E-state index contributed by atoms with van der Waals surface area (Å²) in [5.41, 5.74) is 14.5. The van der Waals surface area contributed by atoms with Gasteiger partial charge in [0.05, 0.1) is 27.8 Å². The maximum absolute atomic E-state index is 5.59. The minimum atomic E-state index is -0.581. The fourth-order valence-electron chi connectivity index (χ4n) is 9.08. The van der Waals surface area contributed by atoms with Gasteiger partial charge in [0.25, 0.3) is 0 Å². The third kappa shape index (κ3) is 4.66. The Morgan fingerprint density at radius 3 is 1.56 bits per heavy atom. The predicted octanol–water partition coefficient (Wildman–Crippen LogP) is 12.7. The normalized spacial score (nSPS) is 12.9. The van der Waals surface area contributed by atoms with Crippen molar-refractivity contribution >= 4 is 21.8 Å². The molecule has 0 aliphatic heterocycles. The van der Waals surface area contributed by atoms with E-state index in [0.29, 0.717) is 0 Å². The smallest absolute Gasteiger partial charge is 0.145 e. The molecule has 0 atom stereocenters. The van der Waals surface area contributed by atoms with E-state index >= 15 is 0 Å². The molecule has 11 rings (SSSR count). The van der Waals surface area contributed by atoms with E-state index < -0.39 is 5.41 Å². The van der Waals surface area contributed by atoms with Gasteiger partial charge in [0.1, 0.15) is 5.82 Å². The monoisotopic (exact) mass is 701 g/mol. The van der Waals surface area contributed by atoms with Gasteiger partial charge in [-0.15, -0.1) is 0 Å². The van der Waals surface area contributed by atoms with E-state index in [1.165, 1.54) is 49.6 Å². The lowest BCUT2D eigenvalue weighted by atomic mass is 9.69. The maximum atomic E-state index is 5.59. The summed E-state index contributed by atoms with van der Waals surface area (Å²) in [4.78, 5) is 5.59. The number of nitrogens with zero attached hydrogens (tertiary/aromatic N) is 3. The van der Waals surface area contributed by atoms with Gasteiger partial charge in [0, 0.05) is 33.3 Å². The molecule has 10 aromatic rings. The summed E-state index contributed by atoms with van der Waals surface area (Å²) in [5, 5.41) is 2.53. The lowest BCUT2D eigenvalue weighted by molar-refractivity contribution is 0.714. The molecule has 0 amide bonds. The zero-order valence-corrected chi connectivity index (χ0v) is 30.0. The summed E-state index contributed by atoms with van der Waals surface area (Å²) < 4.78 is 4.79. The molecule has 0 bridgehead atoms. The van der Waals surface area contributed by atoms with Crippen molar-refractivity contribution in [2.24, 2.45) is 0 Å². The van der Waals surface area contributed by atoms with E-state index in [0.717, 1.165) is 39.7 Å². The molecule has 0 unspecified atom stereocenters. The molecule has 0 radical (unpaired) electrons. The summed E-state index contributed by atoms with van der Waals surface area (Å²) in [6, 6.07) is 76.6. The highest BCUT2D eigenvalue weighted by molar-refractivity contribution is 6.09. The molecule has 0 saturated heterocycles. The highest BCUT2D eigenvalue weighted by Gasteiger charge is 2.50. The predicted molar refractivity (Wildman–Crippen MR) is 226 cm³/mol. The molecule has 258 valence electrons. The van der Waals surface area contributed by atoms with E-state index in [-0.39, 0.29) is 0 Å². The number of rotatable bonds is 6. The lowest BCUT2D eigenvalue weighted by Crippen LogP contribution is -2.31. The van der Waals surface area contributed by atoms with Crippen LogP contribution >= 0.6 is 0 Å². The van der Waals surface area contributed by atoms with Gasteiger partial charge in [-0.05, 0) is 64.2 Å². The Kier molecular flexibility index (Phi) is 7.08. The summed E-state index contributed by atoms with van der Waals surface area (Å²) in [7, 11) is 0. The van der Waals surface area contributed by atoms with Crippen molar-refractivity contribution in [1.82, 2.24) is 14.1 Å². The van der Waals surface area contributed by atoms with Crippen LogP contribution in [-0.2, 0) is 5.41 Å². The van der Waals surface area contributed by atoms with Crippen LogP contribution in [0.1, 0.15) is 22.4 Å². The van der Waals surface area contributed by atoms with Crippen LogP contribution in [0.15, 0.2) is 212 Å². The average molecular weight is 702 g/mol.